The van der Waals surface area contributed by atoms with E-state index in [4.69, 9.17) is 9.72 Å². The lowest BCUT2D eigenvalue weighted by Gasteiger charge is -2.13. The van der Waals surface area contributed by atoms with Gasteiger partial charge in [-0.3, -0.25) is 4.79 Å². The summed E-state index contributed by atoms with van der Waals surface area (Å²) in [5.41, 5.74) is 1.26. The van der Waals surface area contributed by atoms with Crippen LogP contribution in [0, 0.1) is 0 Å². The molecule has 160 valence electrons. The number of nitrogens with zero attached hydrogens (tertiary/aromatic N) is 4. The third-order valence-electron chi connectivity index (χ3n) is 4.20. The highest BCUT2D eigenvalue weighted by atomic mass is 32.2. The summed E-state index contributed by atoms with van der Waals surface area (Å²) in [6, 6.07) is 7.39. The predicted octanol–water partition coefficient (Wildman–Crippen LogP) is 3.59. The number of amides is 1. The van der Waals surface area contributed by atoms with E-state index in [9.17, 15) is 4.79 Å². The molecule has 0 spiro atoms. The Morgan fingerprint density at radius 3 is 2.67 bits per heavy atom. The van der Waals surface area contributed by atoms with E-state index in [1.54, 1.807) is 41.9 Å². The number of carbonyl (C=O) groups excluding carboxylic acids is 1. The summed E-state index contributed by atoms with van der Waals surface area (Å²) in [5, 5.41) is 12.7. The maximum atomic E-state index is 12.5. The molecule has 0 saturated heterocycles. The number of benzene rings is 1. The van der Waals surface area contributed by atoms with Gasteiger partial charge in [0.1, 0.15) is 11.6 Å². The van der Waals surface area contributed by atoms with Gasteiger partial charge in [-0.15, -0.1) is 0 Å². The van der Waals surface area contributed by atoms with Gasteiger partial charge in [-0.2, -0.15) is 5.10 Å². The number of carbonyl (C=O) groups is 1. The fraction of sp³-hybridized carbons (Fsp3) is 0.429. The van der Waals surface area contributed by atoms with E-state index >= 15 is 0 Å². The Bertz CT molecular complexity index is 1020. The number of aromatic nitrogens is 4. The maximum absolute atomic E-state index is 12.5. The van der Waals surface area contributed by atoms with E-state index in [2.05, 4.69) is 48.4 Å². The first-order valence-corrected chi connectivity index (χ1v) is 10.8. The molecule has 3 aromatic rings. The van der Waals surface area contributed by atoms with Gasteiger partial charge in [0.15, 0.2) is 10.8 Å². The molecule has 3 rings (SSSR count). The molecule has 30 heavy (non-hydrogen) atoms. The predicted molar refractivity (Wildman–Crippen MR) is 120 cm³/mol. The number of hydrogen-bond acceptors (Lipinski definition) is 7. The van der Waals surface area contributed by atoms with Crippen molar-refractivity contribution >= 4 is 34.5 Å². The molecule has 9 heteroatoms. The van der Waals surface area contributed by atoms with Gasteiger partial charge in [-0.1, -0.05) is 37.7 Å². The Morgan fingerprint density at radius 2 is 1.97 bits per heavy atom. The lowest BCUT2D eigenvalue weighted by molar-refractivity contribution is 0.0949. The lowest BCUT2D eigenvalue weighted by atomic mass is 10.2. The minimum Gasteiger partial charge on any atom is -0.496 e. The van der Waals surface area contributed by atoms with E-state index in [0.29, 0.717) is 34.8 Å². The summed E-state index contributed by atoms with van der Waals surface area (Å²) in [5.74, 6) is 1.14. The van der Waals surface area contributed by atoms with E-state index in [-0.39, 0.29) is 11.9 Å². The third-order valence-corrected chi connectivity index (χ3v) is 5.07. The standard InChI is InChI=1S/C21H28N6O2S/c1-13(2)24-18-16-12-23-27(19(16)26-21(25-18)30-14(3)4)11-10-22-20(28)15-8-6-7-9-17(15)29-5/h6-9,12-14H,10-11H2,1-5H3,(H,22,28)(H,24,25,26). The molecule has 0 atom stereocenters. The van der Waals surface area contributed by atoms with Crippen LogP contribution in [0.2, 0.25) is 0 Å². The highest BCUT2D eigenvalue weighted by Crippen LogP contribution is 2.27. The van der Waals surface area contributed by atoms with Crippen molar-refractivity contribution in [2.45, 2.75) is 50.7 Å². The van der Waals surface area contributed by atoms with Crippen molar-refractivity contribution in [3.8, 4) is 5.75 Å². The second-order valence-electron chi connectivity index (χ2n) is 7.38. The molecule has 8 nitrogen and oxygen atoms in total. The Kier molecular flexibility index (Phi) is 7.15. The number of thioether (sulfide) groups is 1. The highest BCUT2D eigenvalue weighted by molar-refractivity contribution is 7.99. The second-order valence-corrected chi connectivity index (χ2v) is 8.93. The summed E-state index contributed by atoms with van der Waals surface area (Å²) < 4.78 is 7.06. The third kappa shape index (κ3) is 5.21. The first kappa shape index (κ1) is 21.9. The number of fused-ring (bicyclic) bond motifs is 1. The number of para-hydroxylation sites is 1. The van der Waals surface area contributed by atoms with E-state index in [1.165, 1.54) is 0 Å². The molecular weight excluding hydrogens is 400 g/mol. The largest absolute Gasteiger partial charge is 0.496 e. The van der Waals surface area contributed by atoms with Crippen molar-refractivity contribution in [1.29, 1.82) is 0 Å². The first-order valence-electron chi connectivity index (χ1n) is 9.97. The molecule has 1 amide bonds. The molecule has 0 radical (unpaired) electrons. The number of methoxy groups -OCH3 is 1. The van der Waals surface area contributed by atoms with Gasteiger partial charge in [0.25, 0.3) is 5.91 Å². The van der Waals surface area contributed by atoms with Crippen molar-refractivity contribution in [3.63, 3.8) is 0 Å². The monoisotopic (exact) mass is 428 g/mol. The Labute approximate surface area is 180 Å². The number of rotatable bonds is 9. The maximum Gasteiger partial charge on any atom is 0.255 e. The Balaban J connectivity index is 1.78. The summed E-state index contributed by atoms with van der Waals surface area (Å²) in [4.78, 5) is 21.9. The van der Waals surface area contributed by atoms with Gasteiger partial charge in [0.2, 0.25) is 0 Å². The van der Waals surface area contributed by atoms with Gasteiger partial charge < -0.3 is 15.4 Å². The van der Waals surface area contributed by atoms with Crippen LogP contribution in [-0.4, -0.2) is 50.6 Å². The highest BCUT2D eigenvalue weighted by Gasteiger charge is 2.16. The van der Waals surface area contributed by atoms with Gasteiger partial charge in [-0.25, -0.2) is 14.6 Å². The molecule has 0 saturated carbocycles. The molecule has 0 aliphatic carbocycles. The molecule has 0 fully saturated rings. The molecular formula is C21H28N6O2S. The van der Waals surface area contributed by atoms with Gasteiger partial charge >= 0.3 is 0 Å². The van der Waals surface area contributed by atoms with Crippen LogP contribution in [0.1, 0.15) is 38.1 Å². The smallest absolute Gasteiger partial charge is 0.255 e. The summed E-state index contributed by atoms with van der Waals surface area (Å²) >= 11 is 1.61. The molecule has 1 aromatic carbocycles. The minimum absolute atomic E-state index is 0.184. The molecule has 0 aliphatic rings. The first-order chi connectivity index (χ1) is 14.4. The fourth-order valence-corrected chi connectivity index (χ4v) is 3.65. The fourth-order valence-electron chi connectivity index (χ4n) is 2.95. The second kappa shape index (κ2) is 9.80. The number of nitrogens with one attached hydrogen (secondary N) is 2. The Morgan fingerprint density at radius 1 is 1.20 bits per heavy atom. The van der Waals surface area contributed by atoms with Crippen molar-refractivity contribution in [2.24, 2.45) is 0 Å². The summed E-state index contributed by atoms with van der Waals surface area (Å²) in [6.07, 6.45) is 1.77. The zero-order valence-electron chi connectivity index (χ0n) is 18.0. The molecule has 0 aliphatic heterocycles. The molecule has 2 N–H and O–H groups in total. The van der Waals surface area contributed by atoms with Crippen molar-refractivity contribution in [3.05, 3.63) is 36.0 Å². The van der Waals surface area contributed by atoms with Gasteiger partial charge in [0.05, 0.1) is 30.8 Å². The van der Waals surface area contributed by atoms with Crippen LogP contribution in [0.4, 0.5) is 5.82 Å². The molecule has 2 heterocycles. The topological polar surface area (TPSA) is 94.0 Å². The van der Waals surface area contributed by atoms with Crippen LogP contribution in [0.3, 0.4) is 0 Å². The van der Waals surface area contributed by atoms with Crippen LogP contribution in [0.15, 0.2) is 35.6 Å². The van der Waals surface area contributed by atoms with Gasteiger partial charge in [0, 0.05) is 17.8 Å². The van der Waals surface area contributed by atoms with Crippen LogP contribution < -0.4 is 15.4 Å². The zero-order valence-corrected chi connectivity index (χ0v) is 18.8. The van der Waals surface area contributed by atoms with Gasteiger partial charge in [-0.05, 0) is 26.0 Å². The zero-order chi connectivity index (χ0) is 21.7. The average molecular weight is 429 g/mol. The molecule has 2 aromatic heterocycles. The van der Waals surface area contributed by atoms with Crippen molar-refractivity contribution < 1.29 is 9.53 Å². The molecule has 0 unspecified atom stereocenters. The summed E-state index contributed by atoms with van der Waals surface area (Å²) in [6.45, 7) is 9.27. The average Bonchev–Trinajstić information content (AvgIpc) is 3.10. The number of anilines is 1. The van der Waals surface area contributed by atoms with Crippen molar-refractivity contribution in [1.82, 2.24) is 25.1 Å². The lowest BCUT2D eigenvalue weighted by Crippen LogP contribution is -2.28. The van der Waals surface area contributed by atoms with E-state index < -0.39 is 0 Å². The van der Waals surface area contributed by atoms with Crippen LogP contribution >= 0.6 is 11.8 Å². The van der Waals surface area contributed by atoms with Crippen LogP contribution in [0.5, 0.6) is 5.75 Å². The van der Waals surface area contributed by atoms with Crippen LogP contribution in [-0.2, 0) is 6.54 Å². The number of ether oxygens (including phenoxy) is 1. The normalized spacial score (nSPS) is 11.3. The Hall–Kier alpha value is -2.81. The minimum atomic E-state index is -0.184. The summed E-state index contributed by atoms with van der Waals surface area (Å²) in [7, 11) is 1.55. The SMILES string of the molecule is COc1ccccc1C(=O)NCCn1ncc2c(NC(C)C)nc(SC(C)C)nc21. The van der Waals surface area contributed by atoms with E-state index in [1.807, 2.05) is 12.1 Å². The number of hydrogen-bond donors (Lipinski definition) is 2. The van der Waals surface area contributed by atoms with Crippen molar-refractivity contribution in [2.75, 3.05) is 19.0 Å². The quantitative estimate of drug-likeness (QED) is 0.397. The van der Waals surface area contributed by atoms with Crippen LogP contribution in [0.25, 0.3) is 11.0 Å². The van der Waals surface area contributed by atoms with E-state index in [0.717, 1.165) is 16.9 Å². The molecule has 0 bridgehead atoms.